The molecule has 1 unspecified atom stereocenters. The van der Waals surface area contributed by atoms with Gasteiger partial charge in [0.1, 0.15) is 11.8 Å². The number of aliphatic carboxylic acids is 1. The van der Waals surface area contributed by atoms with Crippen molar-refractivity contribution < 1.29 is 19.8 Å². The molecule has 0 radical (unpaired) electrons. The number of carboxylic acid groups (broad SMARTS) is 1. The first-order chi connectivity index (χ1) is 8.04. The predicted octanol–water partition coefficient (Wildman–Crippen LogP) is 1.38. The molecule has 1 aromatic rings. The summed E-state index contributed by atoms with van der Waals surface area (Å²) in [6, 6.07) is 4.77. The van der Waals surface area contributed by atoms with Crippen LogP contribution in [0.1, 0.15) is 30.1 Å². The number of rotatable bonds is 5. The largest absolute Gasteiger partial charge is 0.508 e. The number of carbonyl (C=O) groups is 2. The van der Waals surface area contributed by atoms with Crippen molar-refractivity contribution in [1.82, 2.24) is 5.32 Å². The molecular weight excluding hydrogens is 222 g/mol. The highest BCUT2D eigenvalue weighted by Crippen LogP contribution is 2.10. The second kappa shape index (κ2) is 5.89. The molecule has 0 aliphatic heterocycles. The lowest BCUT2D eigenvalue weighted by molar-refractivity contribution is -0.139. The topological polar surface area (TPSA) is 86.6 Å². The Morgan fingerprint density at radius 3 is 2.35 bits per heavy atom. The average Bonchev–Trinajstić information content (AvgIpc) is 2.29. The summed E-state index contributed by atoms with van der Waals surface area (Å²) in [4.78, 5) is 22.5. The van der Waals surface area contributed by atoms with Gasteiger partial charge in [0.05, 0.1) is 0 Å². The lowest BCUT2D eigenvalue weighted by Gasteiger charge is -2.13. The summed E-state index contributed by atoms with van der Waals surface area (Å²) in [6.45, 7) is 1.85. The van der Waals surface area contributed by atoms with Crippen molar-refractivity contribution >= 4 is 11.9 Å². The zero-order valence-electron chi connectivity index (χ0n) is 9.51. The third-order valence-corrected chi connectivity index (χ3v) is 2.31. The summed E-state index contributed by atoms with van der Waals surface area (Å²) in [5.41, 5.74) is 0.324. The van der Waals surface area contributed by atoms with E-state index >= 15 is 0 Å². The molecule has 1 aromatic carbocycles. The maximum atomic E-state index is 11.7. The van der Waals surface area contributed by atoms with Gasteiger partial charge in [-0.3, -0.25) is 4.79 Å². The molecule has 1 atom stereocenters. The standard InChI is InChI=1S/C12H15NO4/c1-2-3-10(12(16)17)13-11(15)8-4-6-9(14)7-5-8/h4-7,10,14H,2-3H2,1H3,(H,13,15)(H,16,17). The molecule has 0 saturated heterocycles. The predicted molar refractivity (Wildman–Crippen MR) is 61.9 cm³/mol. The van der Waals surface area contributed by atoms with Gasteiger partial charge in [0, 0.05) is 5.56 Å². The first-order valence-corrected chi connectivity index (χ1v) is 5.37. The van der Waals surface area contributed by atoms with Crippen molar-refractivity contribution in [3.8, 4) is 5.75 Å². The van der Waals surface area contributed by atoms with Crippen LogP contribution in [0.2, 0.25) is 0 Å². The van der Waals surface area contributed by atoms with Crippen molar-refractivity contribution in [1.29, 1.82) is 0 Å². The summed E-state index contributed by atoms with van der Waals surface area (Å²) in [5.74, 6) is -1.44. The van der Waals surface area contributed by atoms with Gasteiger partial charge in [0.15, 0.2) is 0 Å². The summed E-state index contributed by atoms with van der Waals surface area (Å²) in [7, 11) is 0. The van der Waals surface area contributed by atoms with Gasteiger partial charge < -0.3 is 15.5 Å². The number of nitrogens with one attached hydrogen (secondary N) is 1. The van der Waals surface area contributed by atoms with E-state index in [9.17, 15) is 9.59 Å². The minimum Gasteiger partial charge on any atom is -0.508 e. The van der Waals surface area contributed by atoms with Gasteiger partial charge in [-0.05, 0) is 30.7 Å². The van der Waals surface area contributed by atoms with Crippen LogP contribution < -0.4 is 5.32 Å². The minimum absolute atomic E-state index is 0.0601. The van der Waals surface area contributed by atoms with Gasteiger partial charge in [-0.2, -0.15) is 0 Å². The summed E-state index contributed by atoms with van der Waals surface area (Å²) in [6.07, 6.45) is 1.06. The molecule has 0 heterocycles. The molecule has 3 N–H and O–H groups in total. The molecular formula is C12H15NO4. The van der Waals surface area contributed by atoms with Gasteiger partial charge >= 0.3 is 5.97 Å². The number of phenols is 1. The monoisotopic (exact) mass is 237 g/mol. The first-order valence-electron chi connectivity index (χ1n) is 5.37. The van der Waals surface area contributed by atoms with Crippen LogP contribution in [0.25, 0.3) is 0 Å². The van der Waals surface area contributed by atoms with Crippen molar-refractivity contribution in [3.63, 3.8) is 0 Å². The Kier molecular flexibility index (Phi) is 4.51. The Balaban J connectivity index is 2.70. The maximum absolute atomic E-state index is 11.7. The van der Waals surface area contributed by atoms with Crippen molar-refractivity contribution in [2.45, 2.75) is 25.8 Å². The molecule has 0 bridgehead atoms. The van der Waals surface area contributed by atoms with Crippen LogP contribution in [0.4, 0.5) is 0 Å². The first kappa shape index (κ1) is 13.0. The summed E-state index contributed by atoms with van der Waals surface area (Å²) in [5, 5.41) is 20.4. The van der Waals surface area contributed by atoms with Gasteiger partial charge in [0.2, 0.25) is 0 Å². The highest BCUT2D eigenvalue weighted by atomic mass is 16.4. The molecule has 5 nitrogen and oxygen atoms in total. The number of carboxylic acids is 1. The van der Waals surface area contributed by atoms with Gasteiger partial charge in [-0.25, -0.2) is 4.79 Å². The summed E-state index contributed by atoms with van der Waals surface area (Å²) >= 11 is 0. The SMILES string of the molecule is CCCC(NC(=O)c1ccc(O)cc1)C(=O)O. The van der Waals surface area contributed by atoms with E-state index in [1.54, 1.807) is 0 Å². The number of phenolic OH excluding ortho intramolecular Hbond substituents is 1. The highest BCUT2D eigenvalue weighted by Gasteiger charge is 2.19. The van der Waals surface area contributed by atoms with Gasteiger partial charge in [-0.1, -0.05) is 13.3 Å². The Bertz CT molecular complexity index is 399. The third kappa shape index (κ3) is 3.79. The van der Waals surface area contributed by atoms with Crippen LogP contribution in [-0.4, -0.2) is 28.1 Å². The van der Waals surface area contributed by atoms with Crippen LogP contribution in [0.3, 0.4) is 0 Å². The van der Waals surface area contributed by atoms with E-state index in [4.69, 9.17) is 10.2 Å². The number of aromatic hydroxyl groups is 1. The van der Waals surface area contributed by atoms with E-state index in [-0.39, 0.29) is 5.75 Å². The fourth-order valence-electron chi connectivity index (χ4n) is 1.40. The average molecular weight is 237 g/mol. The van der Waals surface area contributed by atoms with E-state index in [1.165, 1.54) is 24.3 Å². The Hall–Kier alpha value is -2.04. The fraction of sp³-hybridized carbons (Fsp3) is 0.333. The smallest absolute Gasteiger partial charge is 0.326 e. The molecule has 0 saturated carbocycles. The van der Waals surface area contributed by atoms with Crippen LogP contribution in [0.5, 0.6) is 5.75 Å². The number of hydrogen-bond acceptors (Lipinski definition) is 3. The quantitative estimate of drug-likeness (QED) is 0.722. The number of hydrogen-bond donors (Lipinski definition) is 3. The maximum Gasteiger partial charge on any atom is 0.326 e. The molecule has 1 rings (SSSR count). The van der Waals surface area contributed by atoms with Crippen molar-refractivity contribution in [2.24, 2.45) is 0 Å². The van der Waals surface area contributed by atoms with E-state index in [0.717, 1.165) is 0 Å². The minimum atomic E-state index is -1.04. The Labute approximate surface area is 99.1 Å². The van der Waals surface area contributed by atoms with Gasteiger partial charge in [-0.15, -0.1) is 0 Å². The Morgan fingerprint density at radius 2 is 1.88 bits per heavy atom. The van der Waals surface area contributed by atoms with E-state index < -0.39 is 17.9 Å². The van der Waals surface area contributed by atoms with Crippen LogP contribution in [0, 0.1) is 0 Å². The van der Waals surface area contributed by atoms with E-state index in [1.807, 2.05) is 6.92 Å². The summed E-state index contributed by atoms with van der Waals surface area (Å²) < 4.78 is 0. The van der Waals surface area contributed by atoms with Crippen LogP contribution in [-0.2, 0) is 4.79 Å². The zero-order chi connectivity index (χ0) is 12.8. The molecule has 92 valence electrons. The lowest BCUT2D eigenvalue weighted by Crippen LogP contribution is -2.40. The van der Waals surface area contributed by atoms with Crippen molar-refractivity contribution in [2.75, 3.05) is 0 Å². The highest BCUT2D eigenvalue weighted by molar-refractivity contribution is 5.96. The Morgan fingerprint density at radius 1 is 1.29 bits per heavy atom. The molecule has 0 aromatic heterocycles. The molecule has 1 amide bonds. The molecule has 0 aliphatic carbocycles. The second-order valence-corrected chi connectivity index (χ2v) is 3.70. The zero-order valence-corrected chi connectivity index (χ0v) is 9.51. The molecule has 0 aliphatic rings. The number of carbonyl (C=O) groups excluding carboxylic acids is 1. The second-order valence-electron chi connectivity index (χ2n) is 3.70. The number of benzene rings is 1. The van der Waals surface area contributed by atoms with Crippen LogP contribution in [0.15, 0.2) is 24.3 Å². The third-order valence-electron chi connectivity index (χ3n) is 2.31. The normalized spacial score (nSPS) is 11.8. The number of amides is 1. The lowest BCUT2D eigenvalue weighted by atomic mass is 10.1. The molecule has 0 spiro atoms. The molecule has 17 heavy (non-hydrogen) atoms. The van der Waals surface area contributed by atoms with Crippen molar-refractivity contribution in [3.05, 3.63) is 29.8 Å². The molecule has 0 fully saturated rings. The molecule has 5 heteroatoms. The fourth-order valence-corrected chi connectivity index (χ4v) is 1.40. The van der Waals surface area contributed by atoms with Gasteiger partial charge in [0.25, 0.3) is 5.91 Å². The van der Waals surface area contributed by atoms with E-state index in [0.29, 0.717) is 18.4 Å². The van der Waals surface area contributed by atoms with E-state index in [2.05, 4.69) is 5.32 Å². The van der Waals surface area contributed by atoms with Crippen LogP contribution >= 0.6 is 0 Å².